The third-order valence-electron chi connectivity index (χ3n) is 5.89. The van der Waals surface area contributed by atoms with Gasteiger partial charge in [-0.1, -0.05) is 31.2 Å². The fourth-order valence-electron chi connectivity index (χ4n) is 3.92. The molecular weight excluding hydrogens is 404 g/mol. The van der Waals surface area contributed by atoms with Crippen molar-refractivity contribution in [3.8, 4) is 0 Å². The highest BCUT2D eigenvalue weighted by atomic mass is 16.5. The van der Waals surface area contributed by atoms with Gasteiger partial charge in [0.25, 0.3) is 0 Å². The number of hydrogen-bond donors (Lipinski definition) is 1. The van der Waals surface area contributed by atoms with Crippen LogP contribution in [0, 0.1) is 0 Å². The first-order valence-electron chi connectivity index (χ1n) is 11.1. The molecule has 0 bridgehead atoms. The van der Waals surface area contributed by atoms with Crippen molar-refractivity contribution in [2.75, 3.05) is 38.7 Å². The monoisotopic (exact) mass is 434 g/mol. The molecule has 0 unspecified atom stereocenters. The summed E-state index contributed by atoms with van der Waals surface area (Å²) >= 11 is 0. The van der Waals surface area contributed by atoms with Crippen molar-refractivity contribution < 1.29 is 14.3 Å². The largest absolute Gasteiger partial charge is 0.378 e. The highest BCUT2D eigenvalue weighted by Gasteiger charge is 2.18. The molecule has 0 saturated carbocycles. The number of urea groups is 1. The molecule has 4 rings (SSSR count). The van der Waals surface area contributed by atoms with Crippen LogP contribution in [0.3, 0.4) is 0 Å². The average Bonchev–Trinajstić information content (AvgIpc) is 3.21. The molecule has 0 aliphatic carbocycles. The molecule has 1 fully saturated rings. The molecule has 1 aliphatic rings. The fourth-order valence-corrected chi connectivity index (χ4v) is 3.92. The van der Waals surface area contributed by atoms with E-state index in [2.05, 4.69) is 36.5 Å². The first-order chi connectivity index (χ1) is 15.5. The number of carbonyl (C=O) groups excluding carboxylic acids is 2. The molecular formula is C25H30N4O3. The lowest BCUT2D eigenvalue weighted by molar-refractivity contribution is -0.135. The Morgan fingerprint density at radius 1 is 1.03 bits per heavy atom. The molecule has 0 radical (unpaired) electrons. The molecule has 2 aromatic carbocycles. The topological polar surface area (TPSA) is 66.8 Å². The number of morpholine rings is 1. The Labute approximate surface area is 188 Å². The summed E-state index contributed by atoms with van der Waals surface area (Å²) in [7, 11) is 1.79. The summed E-state index contributed by atoms with van der Waals surface area (Å²) in [5.41, 5.74) is 4.08. The number of hydrogen-bond acceptors (Lipinski definition) is 3. The Morgan fingerprint density at radius 2 is 1.75 bits per heavy atom. The maximum atomic E-state index is 12.7. The van der Waals surface area contributed by atoms with E-state index >= 15 is 0 Å². The molecule has 32 heavy (non-hydrogen) atoms. The van der Waals surface area contributed by atoms with E-state index in [0.717, 1.165) is 28.6 Å². The van der Waals surface area contributed by atoms with Gasteiger partial charge in [0.05, 0.1) is 13.2 Å². The number of anilines is 1. The van der Waals surface area contributed by atoms with Gasteiger partial charge in [-0.3, -0.25) is 4.79 Å². The van der Waals surface area contributed by atoms with Gasteiger partial charge in [-0.05, 0) is 41.8 Å². The van der Waals surface area contributed by atoms with E-state index in [1.807, 2.05) is 39.9 Å². The van der Waals surface area contributed by atoms with Crippen molar-refractivity contribution in [2.45, 2.75) is 26.4 Å². The van der Waals surface area contributed by atoms with E-state index in [0.29, 0.717) is 39.4 Å². The minimum atomic E-state index is -0.161. The quantitative estimate of drug-likeness (QED) is 0.643. The number of benzene rings is 2. The molecule has 1 aromatic heterocycles. The van der Waals surface area contributed by atoms with Gasteiger partial charge in [0.2, 0.25) is 5.91 Å². The van der Waals surface area contributed by atoms with Crippen LogP contribution in [0.25, 0.3) is 10.9 Å². The van der Waals surface area contributed by atoms with Crippen molar-refractivity contribution >= 4 is 28.5 Å². The third-order valence-corrected chi connectivity index (χ3v) is 5.89. The van der Waals surface area contributed by atoms with Gasteiger partial charge in [0, 0.05) is 49.5 Å². The van der Waals surface area contributed by atoms with Crippen molar-refractivity contribution in [3.05, 3.63) is 65.9 Å². The molecule has 2 heterocycles. The van der Waals surface area contributed by atoms with Gasteiger partial charge in [-0.15, -0.1) is 0 Å². The first kappa shape index (κ1) is 21.9. The molecule has 1 N–H and O–H groups in total. The summed E-state index contributed by atoms with van der Waals surface area (Å²) in [6.45, 7) is 5.45. The Morgan fingerprint density at radius 3 is 2.47 bits per heavy atom. The molecule has 3 amide bonds. The number of fused-ring (bicyclic) bond motifs is 1. The van der Waals surface area contributed by atoms with E-state index in [4.69, 9.17) is 4.74 Å². The van der Waals surface area contributed by atoms with Crippen LogP contribution in [-0.2, 0) is 29.0 Å². The van der Waals surface area contributed by atoms with Crippen LogP contribution in [0.1, 0.15) is 18.1 Å². The lowest BCUT2D eigenvalue weighted by Gasteiger charge is -2.27. The second-order valence-corrected chi connectivity index (χ2v) is 8.17. The predicted molar refractivity (Wildman–Crippen MR) is 126 cm³/mol. The van der Waals surface area contributed by atoms with Gasteiger partial charge < -0.3 is 24.4 Å². The zero-order valence-corrected chi connectivity index (χ0v) is 18.7. The molecule has 0 spiro atoms. The van der Waals surface area contributed by atoms with E-state index in [1.165, 1.54) is 5.56 Å². The summed E-state index contributed by atoms with van der Waals surface area (Å²) in [5.74, 6) is 0.0942. The summed E-state index contributed by atoms with van der Waals surface area (Å²) in [5, 5.41) is 3.95. The second-order valence-electron chi connectivity index (χ2n) is 8.17. The number of rotatable bonds is 6. The van der Waals surface area contributed by atoms with Crippen LogP contribution >= 0.6 is 0 Å². The van der Waals surface area contributed by atoms with Gasteiger partial charge in [-0.2, -0.15) is 0 Å². The van der Waals surface area contributed by atoms with Crippen LogP contribution < -0.4 is 5.32 Å². The highest BCUT2D eigenvalue weighted by molar-refractivity contribution is 5.93. The summed E-state index contributed by atoms with van der Waals surface area (Å²) < 4.78 is 7.27. The molecule has 1 saturated heterocycles. The summed E-state index contributed by atoms with van der Waals surface area (Å²) in [6, 6.07) is 15.9. The summed E-state index contributed by atoms with van der Waals surface area (Å²) in [4.78, 5) is 28.7. The maximum absolute atomic E-state index is 12.7. The Hall–Kier alpha value is -3.32. The van der Waals surface area contributed by atoms with Gasteiger partial charge in [0.1, 0.15) is 6.54 Å². The van der Waals surface area contributed by atoms with E-state index in [1.54, 1.807) is 11.9 Å². The standard InChI is InChI=1S/C25H30N4O3/c1-3-19-4-6-20(7-5-19)17-27(2)25(31)26-22-8-9-23-21(16-22)10-11-29(23)18-24(30)28-12-14-32-15-13-28/h4-11,16H,3,12-15,17-18H2,1-2H3,(H,26,31). The van der Waals surface area contributed by atoms with Crippen molar-refractivity contribution in [1.29, 1.82) is 0 Å². The highest BCUT2D eigenvalue weighted by Crippen LogP contribution is 2.21. The number of aromatic nitrogens is 1. The van der Waals surface area contributed by atoms with Crippen molar-refractivity contribution in [2.24, 2.45) is 0 Å². The third kappa shape index (κ3) is 5.11. The minimum Gasteiger partial charge on any atom is -0.378 e. The van der Waals surface area contributed by atoms with Gasteiger partial charge in [-0.25, -0.2) is 4.79 Å². The van der Waals surface area contributed by atoms with Gasteiger partial charge in [0.15, 0.2) is 0 Å². The van der Waals surface area contributed by atoms with Crippen molar-refractivity contribution in [3.63, 3.8) is 0 Å². The second kappa shape index (κ2) is 9.87. The average molecular weight is 435 g/mol. The number of amides is 3. The zero-order chi connectivity index (χ0) is 22.5. The van der Waals surface area contributed by atoms with Gasteiger partial charge >= 0.3 is 6.03 Å². The Balaban J connectivity index is 1.38. The molecule has 7 nitrogen and oxygen atoms in total. The molecule has 1 aliphatic heterocycles. The molecule has 7 heteroatoms. The number of ether oxygens (including phenoxy) is 1. The SMILES string of the molecule is CCc1ccc(CN(C)C(=O)Nc2ccc3c(ccn3CC(=O)N3CCOCC3)c2)cc1. The zero-order valence-electron chi connectivity index (χ0n) is 18.7. The van der Waals surface area contributed by atoms with E-state index < -0.39 is 0 Å². The van der Waals surface area contributed by atoms with E-state index in [9.17, 15) is 9.59 Å². The number of aryl methyl sites for hydroxylation is 1. The van der Waals surface area contributed by atoms with Crippen LogP contribution in [0.15, 0.2) is 54.7 Å². The normalized spacial score (nSPS) is 13.9. The number of carbonyl (C=O) groups is 2. The lowest BCUT2D eigenvalue weighted by atomic mass is 10.1. The Kier molecular flexibility index (Phi) is 6.75. The molecule has 0 atom stereocenters. The number of nitrogens with zero attached hydrogens (tertiary/aromatic N) is 3. The van der Waals surface area contributed by atoms with Crippen LogP contribution in [-0.4, -0.2) is 59.7 Å². The summed E-state index contributed by atoms with van der Waals surface area (Å²) in [6.07, 6.45) is 2.92. The lowest BCUT2D eigenvalue weighted by Crippen LogP contribution is -2.42. The molecule has 168 valence electrons. The molecule has 3 aromatic rings. The minimum absolute atomic E-state index is 0.0942. The smallest absolute Gasteiger partial charge is 0.321 e. The van der Waals surface area contributed by atoms with Crippen molar-refractivity contribution in [1.82, 2.24) is 14.4 Å². The Bertz CT molecular complexity index is 1080. The maximum Gasteiger partial charge on any atom is 0.321 e. The van der Waals surface area contributed by atoms with Crippen LogP contribution in [0.4, 0.5) is 10.5 Å². The predicted octanol–water partition coefficient (Wildman–Crippen LogP) is 3.73. The van der Waals surface area contributed by atoms with Crippen LogP contribution in [0.2, 0.25) is 0 Å². The first-order valence-corrected chi connectivity index (χ1v) is 11.1. The van der Waals surface area contributed by atoms with E-state index in [-0.39, 0.29) is 11.9 Å². The van der Waals surface area contributed by atoms with Crippen LogP contribution in [0.5, 0.6) is 0 Å². The fraction of sp³-hybridized carbons (Fsp3) is 0.360. The number of nitrogens with one attached hydrogen (secondary N) is 1.